The maximum Gasteiger partial charge on any atom is 0.222 e. The zero-order valence-electron chi connectivity index (χ0n) is 14.8. The van der Waals surface area contributed by atoms with Crippen molar-refractivity contribution < 1.29 is 9.53 Å². The van der Waals surface area contributed by atoms with Crippen molar-refractivity contribution in [2.45, 2.75) is 33.2 Å². The van der Waals surface area contributed by atoms with Gasteiger partial charge in [0, 0.05) is 13.0 Å². The Morgan fingerprint density at radius 1 is 1.17 bits per heavy atom. The molecule has 0 bridgehead atoms. The summed E-state index contributed by atoms with van der Waals surface area (Å²) < 4.78 is 5.33. The quantitative estimate of drug-likeness (QED) is 0.809. The fraction of sp³-hybridized carbons (Fsp3) is 0.350. The lowest BCUT2D eigenvalue weighted by molar-refractivity contribution is -0.121. The second-order valence-electron chi connectivity index (χ2n) is 6.03. The van der Waals surface area contributed by atoms with Crippen molar-refractivity contribution in [1.29, 1.82) is 0 Å². The number of rotatable bonds is 7. The number of hydrogen-bond donors (Lipinski definition) is 2. The van der Waals surface area contributed by atoms with Crippen LogP contribution in [0, 0.1) is 13.8 Å². The van der Waals surface area contributed by atoms with Gasteiger partial charge in [0.15, 0.2) is 0 Å². The van der Waals surface area contributed by atoms with E-state index >= 15 is 0 Å². The Labute approximate surface area is 144 Å². The van der Waals surface area contributed by atoms with Crippen LogP contribution >= 0.6 is 0 Å². The van der Waals surface area contributed by atoms with Crippen molar-refractivity contribution in [2.24, 2.45) is 0 Å². The molecule has 128 valence electrons. The van der Waals surface area contributed by atoms with Gasteiger partial charge in [-0.1, -0.05) is 30.3 Å². The molecule has 0 aliphatic rings. The second-order valence-corrected chi connectivity index (χ2v) is 6.03. The summed E-state index contributed by atoms with van der Waals surface area (Å²) in [6.45, 7) is 6.66. The van der Waals surface area contributed by atoms with Crippen LogP contribution in [0.3, 0.4) is 0 Å². The molecular formula is C20H26N2O2. The van der Waals surface area contributed by atoms with Gasteiger partial charge in [-0.3, -0.25) is 4.79 Å². The lowest BCUT2D eigenvalue weighted by Gasteiger charge is -2.17. The first-order valence-electron chi connectivity index (χ1n) is 8.24. The molecule has 1 atom stereocenters. The zero-order valence-corrected chi connectivity index (χ0v) is 14.8. The van der Waals surface area contributed by atoms with Crippen molar-refractivity contribution in [1.82, 2.24) is 5.32 Å². The molecule has 2 rings (SSSR count). The number of carbonyl (C=O) groups is 1. The lowest BCUT2D eigenvalue weighted by atomic mass is 10.0. The molecule has 2 aromatic carbocycles. The summed E-state index contributed by atoms with van der Waals surface area (Å²) in [6, 6.07) is 14.1. The van der Waals surface area contributed by atoms with Crippen LogP contribution in [0.5, 0.6) is 5.75 Å². The predicted octanol–water partition coefficient (Wildman–Crippen LogP) is 3.99. The molecule has 24 heavy (non-hydrogen) atoms. The molecule has 2 N–H and O–H groups in total. The Hall–Kier alpha value is -2.49. The average molecular weight is 326 g/mol. The third-order valence-corrected chi connectivity index (χ3v) is 4.05. The van der Waals surface area contributed by atoms with Gasteiger partial charge >= 0.3 is 0 Å². The van der Waals surface area contributed by atoms with Crippen molar-refractivity contribution in [3.8, 4) is 5.75 Å². The number of carbonyl (C=O) groups excluding carboxylic acids is 1. The summed E-state index contributed by atoms with van der Waals surface area (Å²) in [7, 11) is 1.65. The molecule has 0 saturated heterocycles. The Kier molecular flexibility index (Phi) is 6.24. The number of nitrogens with one attached hydrogen (secondary N) is 2. The molecular weight excluding hydrogens is 300 g/mol. The van der Waals surface area contributed by atoms with Crippen LogP contribution in [0.1, 0.15) is 36.1 Å². The standard InChI is InChI=1S/C20H26N2O2/c1-14-9-10-19(24-4)18(13-14)21-12-11-20(23)22-16(3)17-8-6-5-7-15(17)2/h5-10,13,16,21H,11-12H2,1-4H3,(H,22,23). The molecule has 2 aromatic rings. The summed E-state index contributed by atoms with van der Waals surface area (Å²) in [5.74, 6) is 0.819. The maximum absolute atomic E-state index is 12.2. The van der Waals surface area contributed by atoms with Crippen molar-refractivity contribution >= 4 is 11.6 Å². The van der Waals surface area contributed by atoms with Crippen LogP contribution in [0.4, 0.5) is 5.69 Å². The summed E-state index contributed by atoms with van der Waals surface area (Å²) in [4.78, 5) is 12.2. The molecule has 1 amide bonds. The number of aryl methyl sites for hydroxylation is 2. The molecule has 1 unspecified atom stereocenters. The van der Waals surface area contributed by atoms with E-state index in [9.17, 15) is 4.79 Å². The second kappa shape index (κ2) is 8.39. The van der Waals surface area contributed by atoms with E-state index in [0.717, 1.165) is 22.6 Å². The largest absolute Gasteiger partial charge is 0.495 e. The SMILES string of the molecule is COc1ccc(C)cc1NCCC(=O)NC(C)c1ccccc1C. The predicted molar refractivity (Wildman–Crippen MR) is 98.6 cm³/mol. The molecule has 0 aliphatic carbocycles. The first-order chi connectivity index (χ1) is 11.5. The monoisotopic (exact) mass is 326 g/mol. The Bertz CT molecular complexity index is 698. The molecule has 0 aromatic heterocycles. The van der Waals surface area contributed by atoms with Gasteiger partial charge in [-0.25, -0.2) is 0 Å². The molecule has 0 saturated carbocycles. The maximum atomic E-state index is 12.2. The highest BCUT2D eigenvalue weighted by Crippen LogP contribution is 2.25. The third-order valence-electron chi connectivity index (χ3n) is 4.05. The van der Waals surface area contributed by atoms with Crippen LogP contribution in [0.25, 0.3) is 0 Å². The molecule has 4 nitrogen and oxygen atoms in total. The summed E-state index contributed by atoms with van der Waals surface area (Å²) >= 11 is 0. The van der Waals surface area contributed by atoms with Gasteiger partial charge in [-0.2, -0.15) is 0 Å². The van der Waals surface area contributed by atoms with E-state index in [1.807, 2.05) is 44.2 Å². The highest BCUT2D eigenvalue weighted by atomic mass is 16.5. The average Bonchev–Trinajstić information content (AvgIpc) is 2.55. The summed E-state index contributed by atoms with van der Waals surface area (Å²) in [6.07, 6.45) is 0.410. The van der Waals surface area contributed by atoms with Gasteiger partial charge in [-0.15, -0.1) is 0 Å². The Morgan fingerprint density at radius 2 is 1.92 bits per heavy atom. The zero-order chi connectivity index (χ0) is 17.5. The molecule has 0 heterocycles. The minimum absolute atomic E-state index is 0.00667. The van der Waals surface area contributed by atoms with Crippen molar-refractivity contribution in [3.63, 3.8) is 0 Å². The first kappa shape index (κ1) is 17.9. The molecule has 0 aliphatic heterocycles. The van der Waals surface area contributed by atoms with Gasteiger partial charge in [0.1, 0.15) is 5.75 Å². The van der Waals surface area contributed by atoms with Gasteiger partial charge in [0.2, 0.25) is 5.91 Å². The third kappa shape index (κ3) is 4.75. The molecule has 4 heteroatoms. The molecule has 0 spiro atoms. The fourth-order valence-electron chi connectivity index (χ4n) is 2.73. The van der Waals surface area contributed by atoms with Crippen LogP contribution in [-0.4, -0.2) is 19.6 Å². The van der Waals surface area contributed by atoms with Gasteiger partial charge < -0.3 is 15.4 Å². The van der Waals surface area contributed by atoms with E-state index in [-0.39, 0.29) is 11.9 Å². The smallest absolute Gasteiger partial charge is 0.222 e. The van der Waals surface area contributed by atoms with E-state index in [2.05, 4.69) is 29.7 Å². The van der Waals surface area contributed by atoms with Gasteiger partial charge in [0.05, 0.1) is 18.8 Å². The van der Waals surface area contributed by atoms with E-state index in [0.29, 0.717) is 13.0 Å². The van der Waals surface area contributed by atoms with Gasteiger partial charge in [0.25, 0.3) is 0 Å². The molecule has 0 fully saturated rings. The van der Waals surface area contributed by atoms with E-state index in [1.54, 1.807) is 7.11 Å². The highest BCUT2D eigenvalue weighted by Gasteiger charge is 2.11. The summed E-state index contributed by atoms with van der Waals surface area (Å²) in [5.41, 5.74) is 4.40. The van der Waals surface area contributed by atoms with Crippen LogP contribution in [0.15, 0.2) is 42.5 Å². The van der Waals surface area contributed by atoms with Crippen molar-refractivity contribution in [3.05, 3.63) is 59.2 Å². The topological polar surface area (TPSA) is 50.4 Å². The van der Waals surface area contributed by atoms with E-state index in [1.165, 1.54) is 5.56 Å². The number of ether oxygens (including phenoxy) is 1. The number of benzene rings is 2. The van der Waals surface area contributed by atoms with Gasteiger partial charge in [-0.05, 0) is 49.6 Å². The van der Waals surface area contributed by atoms with Crippen LogP contribution in [0.2, 0.25) is 0 Å². The number of hydrogen-bond acceptors (Lipinski definition) is 3. The molecule has 0 radical (unpaired) electrons. The van der Waals surface area contributed by atoms with E-state index in [4.69, 9.17) is 4.74 Å². The van der Waals surface area contributed by atoms with Crippen LogP contribution in [-0.2, 0) is 4.79 Å². The first-order valence-corrected chi connectivity index (χ1v) is 8.24. The number of methoxy groups -OCH3 is 1. The minimum Gasteiger partial charge on any atom is -0.495 e. The fourth-order valence-corrected chi connectivity index (χ4v) is 2.73. The Balaban J connectivity index is 1.86. The summed E-state index contributed by atoms with van der Waals surface area (Å²) in [5, 5.41) is 6.33. The number of anilines is 1. The normalized spacial score (nSPS) is 11.7. The number of amides is 1. The minimum atomic E-state index is 0.00667. The lowest BCUT2D eigenvalue weighted by Crippen LogP contribution is -2.28. The van der Waals surface area contributed by atoms with Crippen LogP contribution < -0.4 is 15.4 Å². The Morgan fingerprint density at radius 3 is 2.62 bits per heavy atom. The highest BCUT2D eigenvalue weighted by molar-refractivity contribution is 5.77. The van der Waals surface area contributed by atoms with Crippen molar-refractivity contribution in [2.75, 3.05) is 19.0 Å². The van der Waals surface area contributed by atoms with E-state index < -0.39 is 0 Å².